The van der Waals surface area contributed by atoms with Gasteiger partial charge in [-0.1, -0.05) is 32.0 Å². The highest BCUT2D eigenvalue weighted by molar-refractivity contribution is 7.92. The molecule has 4 nitrogen and oxygen atoms in total. The van der Waals surface area contributed by atoms with E-state index in [-0.39, 0.29) is 11.8 Å². The summed E-state index contributed by atoms with van der Waals surface area (Å²) in [4.78, 5) is 2.47. The van der Waals surface area contributed by atoms with Crippen LogP contribution in [0.4, 0.5) is 5.69 Å². The average molecular weight is 322 g/mol. The molecule has 5 heteroatoms. The summed E-state index contributed by atoms with van der Waals surface area (Å²) in [6.45, 7) is 6.95. The fraction of sp³-hybridized carbons (Fsp3) is 0.647. The number of sulfonamides is 1. The average Bonchev–Trinajstić information content (AvgIpc) is 2.88. The normalized spacial score (nSPS) is 23.7. The number of piperidine rings is 1. The molecule has 0 aliphatic carbocycles. The van der Waals surface area contributed by atoms with Crippen LogP contribution in [0.15, 0.2) is 24.3 Å². The van der Waals surface area contributed by atoms with E-state index in [0.29, 0.717) is 13.0 Å². The van der Waals surface area contributed by atoms with Gasteiger partial charge in [-0.25, -0.2) is 8.42 Å². The summed E-state index contributed by atoms with van der Waals surface area (Å²) in [7, 11) is -3.20. The van der Waals surface area contributed by atoms with Crippen LogP contribution in [0.3, 0.4) is 0 Å². The van der Waals surface area contributed by atoms with Crippen LogP contribution in [0.2, 0.25) is 0 Å². The predicted octanol–water partition coefficient (Wildman–Crippen LogP) is 3.02. The molecule has 2 aliphatic heterocycles. The van der Waals surface area contributed by atoms with Crippen LogP contribution in [0.1, 0.15) is 44.7 Å². The predicted molar refractivity (Wildman–Crippen MR) is 90.6 cm³/mol. The molecule has 0 bridgehead atoms. The first-order chi connectivity index (χ1) is 10.5. The number of likely N-dealkylation sites (tertiary alicyclic amines) is 1. The van der Waals surface area contributed by atoms with Crippen molar-refractivity contribution in [3.05, 3.63) is 29.8 Å². The third kappa shape index (κ3) is 2.88. The van der Waals surface area contributed by atoms with Gasteiger partial charge in [-0.15, -0.1) is 0 Å². The molecular formula is C17H26N2O2S. The van der Waals surface area contributed by atoms with E-state index < -0.39 is 10.0 Å². The van der Waals surface area contributed by atoms with Crippen molar-refractivity contribution < 1.29 is 8.42 Å². The standard InChI is InChI=1S/C17H26N2O2S/c1-3-12-22(20,21)19-13-17(15-6-4-5-7-16(15)19)18-10-8-14(2)9-11-18/h4-7,14,17H,3,8-13H2,1-2H3. The number of benzene rings is 1. The zero-order valence-electron chi connectivity index (χ0n) is 13.5. The summed E-state index contributed by atoms with van der Waals surface area (Å²) in [6.07, 6.45) is 3.08. The van der Waals surface area contributed by atoms with Gasteiger partial charge < -0.3 is 0 Å². The molecule has 0 aromatic heterocycles. The number of hydrogen-bond acceptors (Lipinski definition) is 3. The first-order valence-electron chi connectivity index (χ1n) is 8.36. The van der Waals surface area contributed by atoms with Gasteiger partial charge in [0.1, 0.15) is 0 Å². The lowest BCUT2D eigenvalue weighted by molar-refractivity contribution is 0.146. The third-order valence-corrected chi connectivity index (χ3v) is 6.90. The van der Waals surface area contributed by atoms with Crippen LogP contribution in [0.5, 0.6) is 0 Å². The fourth-order valence-electron chi connectivity index (χ4n) is 3.63. The summed E-state index contributed by atoms with van der Waals surface area (Å²) >= 11 is 0. The van der Waals surface area contributed by atoms with Crippen molar-refractivity contribution in [2.45, 2.75) is 39.2 Å². The van der Waals surface area contributed by atoms with Crippen molar-refractivity contribution >= 4 is 15.7 Å². The van der Waals surface area contributed by atoms with Crippen molar-refractivity contribution in [1.29, 1.82) is 0 Å². The second-order valence-electron chi connectivity index (χ2n) is 6.64. The third-order valence-electron chi connectivity index (χ3n) is 4.96. The molecule has 3 rings (SSSR count). The molecule has 0 N–H and O–H groups in total. The lowest BCUT2D eigenvalue weighted by Crippen LogP contribution is -2.40. The van der Waals surface area contributed by atoms with Crippen molar-refractivity contribution in [2.24, 2.45) is 5.92 Å². The Balaban J connectivity index is 1.89. The smallest absolute Gasteiger partial charge is 0.235 e. The number of rotatable bonds is 4. The number of fused-ring (bicyclic) bond motifs is 1. The zero-order chi connectivity index (χ0) is 15.7. The fourth-order valence-corrected chi connectivity index (χ4v) is 5.20. The summed E-state index contributed by atoms with van der Waals surface area (Å²) in [6, 6.07) is 8.23. The van der Waals surface area contributed by atoms with Crippen molar-refractivity contribution in [3.63, 3.8) is 0 Å². The van der Waals surface area contributed by atoms with Crippen LogP contribution < -0.4 is 4.31 Å². The monoisotopic (exact) mass is 322 g/mol. The molecule has 22 heavy (non-hydrogen) atoms. The second kappa shape index (κ2) is 6.20. The summed E-state index contributed by atoms with van der Waals surface area (Å²) in [5.41, 5.74) is 2.07. The quantitative estimate of drug-likeness (QED) is 0.855. The number of hydrogen-bond donors (Lipinski definition) is 0. The first kappa shape index (κ1) is 15.8. The molecule has 1 fully saturated rings. The van der Waals surface area contributed by atoms with Gasteiger partial charge in [-0.3, -0.25) is 9.21 Å². The maximum Gasteiger partial charge on any atom is 0.235 e. The van der Waals surface area contributed by atoms with Gasteiger partial charge in [0.15, 0.2) is 0 Å². The minimum Gasteiger partial charge on any atom is -0.294 e. The highest BCUT2D eigenvalue weighted by Gasteiger charge is 2.38. The molecule has 0 spiro atoms. The van der Waals surface area contributed by atoms with Gasteiger partial charge in [0, 0.05) is 0 Å². The molecule has 2 heterocycles. The van der Waals surface area contributed by atoms with Crippen molar-refractivity contribution in [2.75, 3.05) is 29.7 Å². The van der Waals surface area contributed by atoms with Gasteiger partial charge in [-0.05, 0) is 49.9 Å². The topological polar surface area (TPSA) is 40.6 Å². The minimum atomic E-state index is -3.20. The first-order valence-corrected chi connectivity index (χ1v) is 9.97. The van der Waals surface area contributed by atoms with Crippen LogP contribution >= 0.6 is 0 Å². The maximum absolute atomic E-state index is 12.6. The van der Waals surface area contributed by atoms with E-state index in [4.69, 9.17) is 0 Å². The Bertz CT molecular complexity index is 621. The Morgan fingerprint density at radius 2 is 1.86 bits per heavy atom. The molecule has 1 saturated heterocycles. The molecule has 0 saturated carbocycles. The molecule has 1 atom stereocenters. The van der Waals surface area contributed by atoms with E-state index in [9.17, 15) is 8.42 Å². The SMILES string of the molecule is CCCS(=O)(=O)N1CC(N2CCC(C)CC2)c2ccccc21. The lowest BCUT2D eigenvalue weighted by atomic mass is 9.96. The van der Waals surface area contributed by atoms with Gasteiger partial charge in [-0.2, -0.15) is 0 Å². The van der Waals surface area contributed by atoms with E-state index in [0.717, 1.165) is 24.7 Å². The van der Waals surface area contributed by atoms with Crippen LogP contribution in [0, 0.1) is 5.92 Å². The molecule has 122 valence electrons. The highest BCUT2D eigenvalue weighted by atomic mass is 32.2. The molecule has 1 unspecified atom stereocenters. The van der Waals surface area contributed by atoms with E-state index in [1.807, 2.05) is 25.1 Å². The summed E-state index contributed by atoms with van der Waals surface area (Å²) in [5.74, 6) is 1.01. The molecule has 0 amide bonds. The highest BCUT2D eigenvalue weighted by Crippen LogP contribution is 2.41. The van der Waals surface area contributed by atoms with Crippen LogP contribution in [0.25, 0.3) is 0 Å². The molecule has 2 aliphatic rings. The number of anilines is 1. The van der Waals surface area contributed by atoms with E-state index in [2.05, 4.69) is 17.9 Å². The molecule has 1 aromatic carbocycles. The number of para-hydroxylation sites is 1. The Morgan fingerprint density at radius 1 is 1.18 bits per heavy atom. The Morgan fingerprint density at radius 3 is 2.55 bits per heavy atom. The summed E-state index contributed by atoms with van der Waals surface area (Å²) in [5, 5.41) is 0. The Hall–Kier alpha value is -1.07. The van der Waals surface area contributed by atoms with Crippen LogP contribution in [-0.2, 0) is 10.0 Å². The van der Waals surface area contributed by atoms with Crippen molar-refractivity contribution in [3.8, 4) is 0 Å². The molecular weight excluding hydrogens is 296 g/mol. The largest absolute Gasteiger partial charge is 0.294 e. The van der Waals surface area contributed by atoms with Crippen LogP contribution in [-0.4, -0.2) is 38.7 Å². The molecule has 1 aromatic rings. The van der Waals surface area contributed by atoms with Gasteiger partial charge in [0.25, 0.3) is 0 Å². The molecule has 0 radical (unpaired) electrons. The zero-order valence-corrected chi connectivity index (χ0v) is 14.3. The van der Waals surface area contributed by atoms with Gasteiger partial charge in [0.05, 0.1) is 24.0 Å². The van der Waals surface area contributed by atoms with Crippen molar-refractivity contribution in [1.82, 2.24) is 4.90 Å². The van der Waals surface area contributed by atoms with E-state index >= 15 is 0 Å². The van der Waals surface area contributed by atoms with Gasteiger partial charge in [0.2, 0.25) is 10.0 Å². The Kier molecular flexibility index (Phi) is 4.46. The van der Waals surface area contributed by atoms with E-state index in [1.54, 1.807) is 4.31 Å². The second-order valence-corrected chi connectivity index (χ2v) is 8.65. The lowest BCUT2D eigenvalue weighted by Gasteiger charge is -2.35. The number of nitrogens with zero attached hydrogens (tertiary/aromatic N) is 2. The maximum atomic E-state index is 12.6. The minimum absolute atomic E-state index is 0.218. The Labute approximate surface area is 134 Å². The summed E-state index contributed by atoms with van der Waals surface area (Å²) < 4.78 is 26.8. The van der Waals surface area contributed by atoms with E-state index in [1.165, 1.54) is 18.4 Å². The van der Waals surface area contributed by atoms with Gasteiger partial charge >= 0.3 is 0 Å².